The molecule has 88 valence electrons. The van der Waals surface area contributed by atoms with Gasteiger partial charge in [-0.15, -0.1) is 0 Å². The van der Waals surface area contributed by atoms with E-state index in [1.54, 1.807) is 6.07 Å². The van der Waals surface area contributed by atoms with Gasteiger partial charge in [-0.1, -0.05) is 26.0 Å². The summed E-state index contributed by atoms with van der Waals surface area (Å²) in [6, 6.07) is 5.88. The molecule has 0 bridgehead atoms. The number of nitrogens with two attached hydrogens (primary N) is 1. The standard InChI is InChI=1S/C14H21NO/c1-14(2,9-15)12-7-3-6-11-10(12)5-4-8-13(11)16/h4-5,8,12,16H,3,6-7,9,15H2,1-2H3. The highest BCUT2D eigenvalue weighted by molar-refractivity contribution is 5.43. The molecule has 2 nitrogen and oxygen atoms in total. The predicted molar refractivity (Wildman–Crippen MR) is 66.6 cm³/mol. The Morgan fingerprint density at radius 2 is 2.19 bits per heavy atom. The van der Waals surface area contributed by atoms with Crippen molar-refractivity contribution in [2.24, 2.45) is 11.1 Å². The quantitative estimate of drug-likeness (QED) is 0.803. The van der Waals surface area contributed by atoms with Gasteiger partial charge in [0, 0.05) is 0 Å². The van der Waals surface area contributed by atoms with Gasteiger partial charge < -0.3 is 10.8 Å². The maximum atomic E-state index is 9.88. The summed E-state index contributed by atoms with van der Waals surface area (Å²) in [5.74, 6) is 0.934. The second-order valence-corrected chi connectivity index (χ2v) is 5.48. The summed E-state index contributed by atoms with van der Waals surface area (Å²) >= 11 is 0. The molecule has 1 unspecified atom stereocenters. The van der Waals surface area contributed by atoms with E-state index in [2.05, 4.69) is 19.9 Å². The highest BCUT2D eigenvalue weighted by atomic mass is 16.3. The Hall–Kier alpha value is -1.02. The summed E-state index contributed by atoms with van der Waals surface area (Å²) in [4.78, 5) is 0. The molecular weight excluding hydrogens is 198 g/mol. The topological polar surface area (TPSA) is 46.2 Å². The number of hydrogen-bond acceptors (Lipinski definition) is 2. The summed E-state index contributed by atoms with van der Waals surface area (Å²) in [5, 5.41) is 9.88. The number of fused-ring (bicyclic) bond motifs is 1. The molecule has 0 spiro atoms. The fraction of sp³-hybridized carbons (Fsp3) is 0.571. The van der Waals surface area contributed by atoms with Gasteiger partial charge in [0.05, 0.1) is 0 Å². The summed E-state index contributed by atoms with van der Waals surface area (Å²) in [5.41, 5.74) is 8.43. The van der Waals surface area contributed by atoms with Gasteiger partial charge in [0.15, 0.2) is 0 Å². The zero-order chi connectivity index (χ0) is 11.8. The molecule has 2 rings (SSSR count). The van der Waals surface area contributed by atoms with Gasteiger partial charge in [0.1, 0.15) is 5.75 Å². The summed E-state index contributed by atoms with van der Waals surface area (Å²) in [6.07, 6.45) is 3.33. The third kappa shape index (κ3) is 1.82. The van der Waals surface area contributed by atoms with Crippen molar-refractivity contribution in [3.05, 3.63) is 29.3 Å². The van der Waals surface area contributed by atoms with Crippen molar-refractivity contribution in [2.45, 2.75) is 39.0 Å². The molecule has 1 aromatic carbocycles. The number of phenolic OH excluding ortho intramolecular Hbond substituents is 1. The third-order valence-electron chi connectivity index (χ3n) is 3.95. The van der Waals surface area contributed by atoms with E-state index >= 15 is 0 Å². The maximum Gasteiger partial charge on any atom is 0.119 e. The van der Waals surface area contributed by atoms with Crippen LogP contribution in [0, 0.1) is 5.41 Å². The molecule has 0 aliphatic heterocycles. The van der Waals surface area contributed by atoms with Crippen LogP contribution < -0.4 is 5.73 Å². The predicted octanol–water partition coefficient (Wildman–Crippen LogP) is 2.80. The van der Waals surface area contributed by atoms with Gasteiger partial charge in [-0.25, -0.2) is 0 Å². The second kappa shape index (κ2) is 4.10. The largest absolute Gasteiger partial charge is 0.508 e. The van der Waals surface area contributed by atoms with Crippen molar-refractivity contribution in [1.29, 1.82) is 0 Å². The average molecular weight is 219 g/mol. The third-order valence-corrected chi connectivity index (χ3v) is 3.95. The van der Waals surface area contributed by atoms with Gasteiger partial charge in [0.2, 0.25) is 0 Å². The van der Waals surface area contributed by atoms with Crippen LogP contribution in [0.4, 0.5) is 0 Å². The molecule has 1 aliphatic carbocycles. The summed E-state index contributed by atoms with van der Waals surface area (Å²) < 4.78 is 0. The minimum Gasteiger partial charge on any atom is -0.508 e. The van der Waals surface area contributed by atoms with Crippen molar-refractivity contribution < 1.29 is 5.11 Å². The van der Waals surface area contributed by atoms with Gasteiger partial charge in [0.25, 0.3) is 0 Å². The Balaban J connectivity index is 2.45. The van der Waals surface area contributed by atoms with Crippen molar-refractivity contribution in [3.8, 4) is 5.75 Å². The van der Waals surface area contributed by atoms with E-state index in [9.17, 15) is 5.11 Å². The molecule has 16 heavy (non-hydrogen) atoms. The number of aromatic hydroxyl groups is 1. The van der Waals surface area contributed by atoms with Crippen molar-refractivity contribution in [3.63, 3.8) is 0 Å². The van der Waals surface area contributed by atoms with Gasteiger partial charge >= 0.3 is 0 Å². The maximum absolute atomic E-state index is 9.88. The molecule has 0 amide bonds. The van der Waals surface area contributed by atoms with E-state index in [1.165, 1.54) is 12.0 Å². The van der Waals surface area contributed by atoms with Crippen LogP contribution in [0.1, 0.15) is 43.7 Å². The van der Waals surface area contributed by atoms with Crippen LogP contribution in [0.15, 0.2) is 18.2 Å². The normalized spacial score (nSPS) is 20.6. The van der Waals surface area contributed by atoms with E-state index in [-0.39, 0.29) is 5.41 Å². The lowest BCUT2D eigenvalue weighted by Crippen LogP contribution is -2.32. The Kier molecular flexibility index (Phi) is 2.94. The zero-order valence-corrected chi connectivity index (χ0v) is 10.2. The Labute approximate surface area is 97.5 Å². The first-order valence-corrected chi connectivity index (χ1v) is 6.07. The van der Waals surface area contributed by atoms with Gasteiger partial charge in [-0.05, 0) is 54.3 Å². The Morgan fingerprint density at radius 3 is 2.88 bits per heavy atom. The lowest BCUT2D eigenvalue weighted by Gasteiger charge is -2.37. The fourth-order valence-corrected chi connectivity index (χ4v) is 2.78. The zero-order valence-electron chi connectivity index (χ0n) is 10.2. The molecule has 0 heterocycles. The Bertz CT molecular complexity index is 384. The number of phenols is 1. The van der Waals surface area contributed by atoms with E-state index in [1.807, 2.05) is 6.07 Å². The molecule has 0 aromatic heterocycles. The minimum absolute atomic E-state index is 0.114. The van der Waals surface area contributed by atoms with E-state index in [0.29, 0.717) is 18.2 Å². The van der Waals surface area contributed by atoms with Crippen LogP contribution in [0.5, 0.6) is 5.75 Å². The highest BCUT2D eigenvalue weighted by Crippen LogP contribution is 2.45. The lowest BCUT2D eigenvalue weighted by atomic mass is 9.68. The lowest BCUT2D eigenvalue weighted by molar-refractivity contribution is 0.267. The molecule has 0 saturated carbocycles. The molecule has 1 atom stereocenters. The molecule has 1 aliphatic rings. The highest BCUT2D eigenvalue weighted by Gasteiger charge is 2.33. The number of rotatable bonds is 2. The Morgan fingerprint density at radius 1 is 1.44 bits per heavy atom. The van der Waals surface area contributed by atoms with Crippen LogP contribution in [-0.4, -0.2) is 11.7 Å². The average Bonchev–Trinajstić information content (AvgIpc) is 2.29. The molecule has 1 aromatic rings. The van der Waals surface area contributed by atoms with Crippen molar-refractivity contribution >= 4 is 0 Å². The van der Waals surface area contributed by atoms with Crippen LogP contribution in [0.2, 0.25) is 0 Å². The molecule has 0 fully saturated rings. The first-order chi connectivity index (χ1) is 7.56. The van der Waals surface area contributed by atoms with Crippen LogP contribution >= 0.6 is 0 Å². The first-order valence-electron chi connectivity index (χ1n) is 6.07. The molecule has 0 radical (unpaired) electrons. The SMILES string of the molecule is CC(C)(CN)C1CCCc2c(O)cccc21. The smallest absolute Gasteiger partial charge is 0.119 e. The van der Waals surface area contributed by atoms with E-state index < -0.39 is 0 Å². The number of benzene rings is 1. The molecule has 0 saturated heterocycles. The van der Waals surface area contributed by atoms with E-state index in [4.69, 9.17) is 5.73 Å². The van der Waals surface area contributed by atoms with Crippen LogP contribution in [0.25, 0.3) is 0 Å². The summed E-state index contributed by atoms with van der Waals surface area (Å²) in [6.45, 7) is 5.13. The number of hydrogen-bond donors (Lipinski definition) is 2. The van der Waals surface area contributed by atoms with Crippen LogP contribution in [-0.2, 0) is 6.42 Å². The monoisotopic (exact) mass is 219 g/mol. The minimum atomic E-state index is 0.114. The fourth-order valence-electron chi connectivity index (χ4n) is 2.78. The molecular formula is C14H21NO. The second-order valence-electron chi connectivity index (χ2n) is 5.48. The van der Waals surface area contributed by atoms with Crippen molar-refractivity contribution in [2.75, 3.05) is 6.54 Å². The first kappa shape index (κ1) is 11.5. The van der Waals surface area contributed by atoms with Crippen LogP contribution in [0.3, 0.4) is 0 Å². The molecule has 2 heteroatoms. The van der Waals surface area contributed by atoms with Crippen molar-refractivity contribution in [1.82, 2.24) is 0 Å². The van der Waals surface area contributed by atoms with Gasteiger partial charge in [-0.3, -0.25) is 0 Å². The molecule has 3 N–H and O–H groups in total. The summed E-state index contributed by atoms with van der Waals surface area (Å²) in [7, 11) is 0. The van der Waals surface area contributed by atoms with E-state index in [0.717, 1.165) is 18.4 Å². The van der Waals surface area contributed by atoms with Gasteiger partial charge in [-0.2, -0.15) is 0 Å².